The molecule has 3 heteroatoms. The molecule has 0 radical (unpaired) electrons. The van der Waals surface area contributed by atoms with Gasteiger partial charge < -0.3 is 5.32 Å². The second-order valence-electron chi connectivity index (χ2n) is 6.16. The third-order valence-electron chi connectivity index (χ3n) is 4.17. The predicted octanol–water partition coefficient (Wildman–Crippen LogP) is 3.73. The highest BCUT2D eigenvalue weighted by atomic mass is 16.2. The summed E-state index contributed by atoms with van der Waals surface area (Å²) >= 11 is 0. The highest BCUT2D eigenvalue weighted by molar-refractivity contribution is 5.77. The lowest BCUT2D eigenvalue weighted by Gasteiger charge is -2.25. The van der Waals surface area contributed by atoms with E-state index in [1.807, 2.05) is 0 Å². The molecular formula is C17H34N2O. The van der Waals surface area contributed by atoms with Crippen molar-refractivity contribution in [3.8, 4) is 0 Å². The van der Waals surface area contributed by atoms with Crippen LogP contribution >= 0.6 is 0 Å². The molecule has 20 heavy (non-hydrogen) atoms. The van der Waals surface area contributed by atoms with E-state index in [0.29, 0.717) is 6.54 Å². The minimum absolute atomic E-state index is 0.217. The molecule has 0 saturated carbocycles. The zero-order valence-corrected chi connectivity index (χ0v) is 13.5. The van der Waals surface area contributed by atoms with Gasteiger partial charge in [-0.1, -0.05) is 58.3 Å². The van der Waals surface area contributed by atoms with E-state index < -0.39 is 0 Å². The van der Waals surface area contributed by atoms with E-state index in [2.05, 4.69) is 17.1 Å². The van der Waals surface area contributed by atoms with E-state index in [1.165, 1.54) is 64.2 Å². The lowest BCUT2D eigenvalue weighted by molar-refractivity contribution is -0.122. The van der Waals surface area contributed by atoms with Gasteiger partial charge in [0.25, 0.3) is 0 Å². The number of nitrogens with one attached hydrogen (secondary N) is 1. The van der Waals surface area contributed by atoms with Crippen molar-refractivity contribution in [1.29, 1.82) is 0 Å². The SMILES string of the molecule is CCCCCCCCCCNC(=O)CN1CCCCC1. The van der Waals surface area contributed by atoms with Crippen molar-refractivity contribution in [3.63, 3.8) is 0 Å². The van der Waals surface area contributed by atoms with Crippen LogP contribution in [0.2, 0.25) is 0 Å². The number of carbonyl (C=O) groups is 1. The topological polar surface area (TPSA) is 32.3 Å². The third-order valence-corrected chi connectivity index (χ3v) is 4.17. The molecule has 1 saturated heterocycles. The van der Waals surface area contributed by atoms with Gasteiger partial charge in [0.1, 0.15) is 0 Å². The third kappa shape index (κ3) is 9.35. The summed E-state index contributed by atoms with van der Waals surface area (Å²) in [6, 6.07) is 0. The van der Waals surface area contributed by atoms with Gasteiger partial charge in [-0.05, 0) is 32.4 Å². The maximum Gasteiger partial charge on any atom is 0.234 e. The number of unbranched alkanes of at least 4 members (excludes halogenated alkanes) is 7. The number of nitrogens with zero attached hydrogens (tertiary/aromatic N) is 1. The fourth-order valence-corrected chi connectivity index (χ4v) is 2.86. The monoisotopic (exact) mass is 282 g/mol. The minimum atomic E-state index is 0.217. The second kappa shape index (κ2) is 12.2. The van der Waals surface area contributed by atoms with Gasteiger partial charge in [-0.3, -0.25) is 9.69 Å². The number of piperidine rings is 1. The van der Waals surface area contributed by atoms with Gasteiger partial charge in [-0.25, -0.2) is 0 Å². The van der Waals surface area contributed by atoms with Crippen molar-refractivity contribution in [2.75, 3.05) is 26.2 Å². The molecule has 0 aliphatic carbocycles. The Balaban J connectivity index is 1.84. The lowest BCUT2D eigenvalue weighted by Crippen LogP contribution is -2.40. The van der Waals surface area contributed by atoms with Gasteiger partial charge in [0.2, 0.25) is 5.91 Å². The molecule has 1 heterocycles. The lowest BCUT2D eigenvalue weighted by atomic mass is 10.1. The molecule has 0 aromatic rings. The number of likely N-dealkylation sites (tertiary alicyclic amines) is 1. The number of hydrogen-bond acceptors (Lipinski definition) is 2. The van der Waals surface area contributed by atoms with Crippen molar-refractivity contribution in [3.05, 3.63) is 0 Å². The van der Waals surface area contributed by atoms with E-state index in [-0.39, 0.29) is 5.91 Å². The van der Waals surface area contributed by atoms with Crippen LogP contribution in [0, 0.1) is 0 Å². The summed E-state index contributed by atoms with van der Waals surface area (Å²) in [4.78, 5) is 14.0. The summed E-state index contributed by atoms with van der Waals surface area (Å²) in [5.41, 5.74) is 0. The van der Waals surface area contributed by atoms with Gasteiger partial charge in [0.15, 0.2) is 0 Å². The molecule has 0 unspecified atom stereocenters. The smallest absolute Gasteiger partial charge is 0.234 e. The molecule has 1 fully saturated rings. The quantitative estimate of drug-likeness (QED) is 0.586. The number of hydrogen-bond donors (Lipinski definition) is 1. The van der Waals surface area contributed by atoms with Gasteiger partial charge in [-0.2, -0.15) is 0 Å². The molecule has 0 atom stereocenters. The normalized spacial score (nSPS) is 16.2. The Morgan fingerprint density at radius 3 is 2.15 bits per heavy atom. The average Bonchev–Trinajstić information content (AvgIpc) is 2.46. The van der Waals surface area contributed by atoms with E-state index in [0.717, 1.165) is 26.1 Å². The molecule has 0 aromatic carbocycles. The Kier molecular flexibility index (Phi) is 10.7. The Bertz CT molecular complexity index is 237. The van der Waals surface area contributed by atoms with Crippen molar-refractivity contribution in [2.24, 2.45) is 0 Å². The highest BCUT2D eigenvalue weighted by Gasteiger charge is 2.12. The Hall–Kier alpha value is -0.570. The molecule has 118 valence electrons. The van der Waals surface area contributed by atoms with Crippen molar-refractivity contribution in [1.82, 2.24) is 10.2 Å². The van der Waals surface area contributed by atoms with E-state index in [4.69, 9.17) is 0 Å². The first kappa shape index (κ1) is 17.5. The Labute approximate surface area is 125 Å². The first-order valence-corrected chi connectivity index (χ1v) is 8.82. The zero-order valence-electron chi connectivity index (χ0n) is 13.5. The van der Waals surface area contributed by atoms with Crippen molar-refractivity contribution < 1.29 is 4.79 Å². The van der Waals surface area contributed by atoms with Crippen LogP contribution in [-0.2, 0) is 4.79 Å². The average molecular weight is 282 g/mol. The molecule has 1 rings (SSSR count). The standard InChI is InChI=1S/C17H34N2O/c1-2-3-4-5-6-7-8-10-13-18-17(20)16-19-14-11-9-12-15-19/h2-16H2,1H3,(H,18,20). The van der Waals surface area contributed by atoms with Crippen LogP contribution in [0.5, 0.6) is 0 Å². The summed E-state index contributed by atoms with van der Waals surface area (Å²) in [5.74, 6) is 0.217. The number of carbonyl (C=O) groups excluding carboxylic acids is 1. The molecule has 0 spiro atoms. The fourth-order valence-electron chi connectivity index (χ4n) is 2.86. The Morgan fingerprint density at radius 1 is 0.900 bits per heavy atom. The van der Waals surface area contributed by atoms with Crippen LogP contribution < -0.4 is 5.32 Å². The van der Waals surface area contributed by atoms with Crippen molar-refractivity contribution >= 4 is 5.91 Å². The maximum absolute atomic E-state index is 11.8. The van der Waals surface area contributed by atoms with Gasteiger partial charge in [0.05, 0.1) is 6.54 Å². The fraction of sp³-hybridized carbons (Fsp3) is 0.941. The molecule has 1 aliphatic heterocycles. The molecule has 1 aliphatic rings. The molecule has 1 N–H and O–H groups in total. The Morgan fingerprint density at radius 2 is 1.50 bits per heavy atom. The van der Waals surface area contributed by atoms with Crippen LogP contribution in [0.25, 0.3) is 0 Å². The van der Waals surface area contributed by atoms with E-state index in [1.54, 1.807) is 0 Å². The first-order chi connectivity index (χ1) is 9.83. The summed E-state index contributed by atoms with van der Waals surface area (Å²) in [6.45, 7) is 5.93. The van der Waals surface area contributed by atoms with Crippen LogP contribution in [0.4, 0.5) is 0 Å². The van der Waals surface area contributed by atoms with Crippen LogP contribution in [0.1, 0.15) is 77.6 Å². The zero-order chi connectivity index (χ0) is 14.5. The van der Waals surface area contributed by atoms with Crippen LogP contribution in [0.15, 0.2) is 0 Å². The van der Waals surface area contributed by atoms with E-state index >= 15 is 0 Å². The first-order valence-electron chi connectivity index (χ1n) is 8.82. The second-order valence-corrected chi connectivity index (χ2v) is 6.16. The highest BCUT2D eigenvalue weighted by Crippen LogP contribution is 2.08. The summed E-state index contributed by atoms with van der Waals surface area (Å²) < 4.78 is 0. The van der Waals surface area contributed by atoms with Crippen LogP contribution in [-0.4, -0.2) is 37.0 Å². The summed E-state index contributed by atoms with van der Waals surface area (Å²) in [5, 5.41) is 3.06. The maximum atomic E-state index is 11.8. The number of amides is 1. The van der Waals surface area contributed by atoms with Crippen LogP contribution in [0.3, 0.4) is 0 Å². The molecular weight excluding hydrogens is 248 g/mol. The minimum Gasteiger partial charge on any atom is -0.355 e. The summed E-state index contributed by atoms with van der Waals surface area (Å²) in [6.07, 6.45) is 14.4. The van der Waals surface area contributed by atoms with Gasteiger partial charge >= 0.3 is 0 Å². The summed E-state index contributed by atoms with van der Waals surface area (Å²) in [7, 11) is 0. The predicted molar refractivity (Wildman–Crippen MR) is 85.9 cm³/mol. The molecule has 0 aromatic heterocycles. The van der Waals surface area contributed by atoms with Gasteiger partial charge in [-0.15, -0.1) is 0 Å². The number of rotatable bonds is 11. The largest absolute Gasteiger partial charge is 0.355 e. The van der Waals surface area contributed by atoms with E-state index in [9.17, 15) is 4.79 Å². The van der Waals surface area contributed by atoms with Gasteiger partial charge in [0, 0.05) is 6.54 Å². The molecule has 0 bridgehead atoms. The molecule has 1 amide bonds. The van der Waals surface area contributed by atoms with Crippen molar-refractivity contribution in [2.45, 2.75) is 77.6 Å². The molecule has 3 nitrogen and oxygen atoms in total.